The van der Waals surface area contributed by atoms with E-state index in [4.69, 9.17) is 0 Å². The summed E-state index contributed by atoms with van der Waals surface area (Å²) in [5.74, 6) is -2.28. The second-order valence-corrected chi connectivity index (χ2v) is 5.58. The van der Waals surface area contributed by atoms with Crippen molar-refractivity contribution in [2.24, 2.45) is 13.0 Å². The van der Waals surface area contributed by atoms with Crippen molar-refractivity contribution < 1.29 is 14.7 Å². The van der Waals surface area contributed by atoms with Gasteiger partial charge in [-0.3, -0.25) is 14.4 Å². The largest absolute Gasteiger partial charge is 0.481 e. The number of aromatic nitrogens is 2. The third-order valence-corrected chi connectivity index (χ3v) is 3.77. The van der Waals surface area contributed by atoms with Crippen molar-refractivity contribution in [1.82, 2.24) is 15.1 Å². The maximum atomic E-state index is 12.2. The zero-order valence-corrected chi connectivity index (χ0v) is 13.5. The number of carboxylic acids is 1. The van der Waals surface area contributed by atoms with Crippen LogP contribution in [0.25, 0.3) is 0 Å². The number of hydrogen-bond donors (Lipinski definition) is 2. The van der Waals surface area contributed by atoms with Gasteiger partial charge in [0.05, 0.1) is 5.92 Å². The predicted octanol–water partition coefficient (Wildman–Crippen LogP) is 0.842. The summed E-state index contributed by atoms with van der Waals surface area (Å²) in [4.78, 5) is 35.1. The summed E-state index contributed by atoms with van der Waals surface area (Å²) < 4.78 is 1.05. The third kappa shape index (κ3) is 4.28. The summed E-state index contributed by atoms with van der Waals surface area (Å²) >= 11 is 0. The molecule has 0 fully saturated rings. The molecule has 1 amide bonds. The van der Waals surface area contributed by atoms with Crippen LogP contribution in [0.2, 0.25) is 0 Å². The third-order valence-electron chi connectivity index (χ3n) is 3.77. The number of aliphatic carboxylic acids is 1. The molecule has 2 atom stereocenters. The van der Waals surface area contributed by atoms with Gasteiger partial charge in [-0.15, -0.1) is 0 Å². The van der Waals surface area contributed by atoms with Crippen molar-refractivity contribution >= 4 is 11.9 Å². The average Bonchev–Trinajstić information content (AvgIpc) is 2.55. The molecule has 126 valence electrons. The van der Waals surface area contributed by atoms with Gasteiger partial charge in [-0.25, -0.2) is 4.68 Å². The van der Waals surface area contributed by atoms with Crippen molar-refractivity contribution in [3.8, 4) is 0 Å². The van der Waals surface area contributed by atoms with Crippen LogP contribution < -0.4 is 10.9 Å². The van der Waals surface area contributed by atoms with E-state index in [0.717, 1.165) is 10.2 Å². The number of hydrogen-bond acceptors (Lipinski definition) is 4. The van der Waals surface area contributed by atoms with Crippen LogP contribution in [0.1, 0.15) is 23.0 Å². The van der Waals surface area contributed by atoms with Crippen LogP contribution in [0, 0.1) is 5.92 Å². The molecule has 2 N–H and O–H groups in total. The molecular weight excluding hydrogens is 310 g/mol. The molecule has 0 aliphatic heterocycles. The van der Waals surface area contributed by atoms with Crippen molar-refractivity contribution in [3.63, 3.8) is 0 Å². The summed E-state index contributed by atoms with van der Waals surface area (Å²) in [7, 11) is 1.44. The monoisotopic (exact) mass is 329 g/mol. The first-order chi connectivity index (χ1) is 11.4. The molecule has 24 heavy (non-hydrogen) atoms. The predicted molar refractivity (Wildman–Crippen MR) is 87.7 cm³/mol. The number of carbonyl (C=O) groups excluding carboxylic acids is 1. The Balaban J connectivity index is 2.10. The fourth-order valence-corrected chi connectivity index (χ4v) is 2.35. The second kappa shape index (κ2) is 7.54. The number of nitrogens with zero attached hydrogens (tertiary/aromatic N) is 2. The van der Waals surface area contributed by atoms with E-state index in [1.807, 2.05) is 30.3 Å². The Morgan fingerprint density at radius 3 is 2.46 bits per heavy atom. The first-order valence-corrected chi connectivity index (χ1v) is 7.50. The highest BCUT2D eigenvalue weighted by Crippen LogP contribution is 2.13. The number of aryl methyl sites for hydroxylation is 1. The van der Waals surface area contributed by atoms with Crippen LogP contribution in [0.5, 0.6) is 0 Å². The van der Waals surface area contributed by atoms with E-state index in [9.17, 15) is 19.5 Å². The average molecular weight is 329 g/mol. The lowest BCUT2D eigenvalue weighted by Crippen LogP contribution is -2.43. The van der Waals surface area contributed by atoms with Crippen molar-refractivity contribution in [1.29, 1.82) is 0 Å². The van der Waals surface area contributed by atoms with E-state index in [0.29, 0.717) is 6.42 Å². The zero-order chi connectivity index (χ0) is 17.7. The molecule has 0 saturated heterocycles. The molecule has 7 heteroatoms. The first kappa shape index (κ1) is 17.4. The molecule has 0 aliphatic rings. The van der Waals surface area contributed by atoms with Crippen molar-refractivity contribution in [2.45, 2.75) is 19.4 Å². The quantitative estimate of drug-likeness (QED) is 0.818. The number of amides is 1. The Bertz CT molecular complexity index is 786. The summed E-state index contributed by atoms with van der Waals surface area (Å²) in [6.07, 6.45) is 0.304. The number of carbonyl (C=O) groups is 2. The number of carboxylic acid groups (broad SMARTS) is 1. The van der Waals surface area contributed by atoms with Crippen LogP contribution in [-0.4, -0.2) is 32.8 Å². The van der Waals surface area contributed by atoms with Gasteiger partial charge in [0.25, 0.3) is 11.5 Å². The Kier molecular flexibility index (Phi) is 5.47. The maximum absolute atomic E-state index is 12.2. The topological polar surface area (TPSA) is 101 Å². The molecule has 0 radical (unpaired) electrons. The highest BCUT2D eigenvalue weighted by molar-refractivity contribution is 5.92. The summed E-state index contributed by atoms with van der Waals surface area (Å²) in [5, 5.41) is 16.0. The fourth-order valence-electron chi connectivity index (χ4n) is 2.35. The van der Waals surface area contributed by atoms with Gasteiger partial charge in [-0.1, -0.05) is 30.3 Å². The Hall–Kier alpha value is -2.96. The molecule has 2 rings (SSSR count). The van der Waals surface area contributed by atoms with Gasteiger partial charge < -0.3 is 10.4 Å². The smallest absolute Gasteiger partial charge is 0.308 e. The summed E-state index contributed by atoms with van der Waals surface area (Å²) in [5.41, 5.74) is 0.617. The molecular formula is C17H19N3O4. The lowest BCUT2D eigenvalue weighted by Gasteiger charge is -2.21. The number of rotatable bonds is 6. The SMILES string of the molecule is CC(NC(=O)c1ccc(=O)n(C)n1)C(Cc1ccccc1)C(=O)O. The Morgan fingerprint density at radius 2 is 1.88 bits per heavy atom. The van der Waals surface area contributed by atoms with Gasteiger partial charge in [0.2, 0.25) is 0 Å². The van der Waals surface area contributed by atoms with Gasteiger partial charge in [-0.05, 0) is 25.0 Å². The minimum atomic E-state index is -0.986. The minimum Gasteiger partial charge on any atom is -0.481 e. The van der Waals surface area contributed by atoms with Gasteiger partial charge in [-0.2, -0.15) is 5.10 Å². The fraction of sp³-hybridized carbons (Fsp3) is 0.294. The van der Waals surface area contributed by atoms with Crippen LogP contribution in [0.4, 0.5) is 0 Å². The van der Waals surface area contributed by atoms with Gasteiger partial charge >= 0.3 is 5.97 Å². The molecule has 1 aromatic heterocycles. The van der Waals surface area contributed by atoms with E-state index in [1.165, 1.54) is 19.2 Å². The van der Waals surface area contributed by atoms with E-state index in [1.54, 1.807) is 6.92 Å². The second-order valence-electron chi connectivity index (χ2n) is 5.58. The van der Waals surface area contributed by atoms with Crippen LogP contribution in [-0.2, 0) is 18.3 Å². The van der Waals surface area contributed by atoms with Crippen LogP contribution in [0.15, 0.2) is 47.3 Å². The number of nitrogens with one attached hydrogen (secondary N) is 1. The van der Waals surface area contributed by atoms with Crippen molar-refractivity contribution in [3.05, 3.63) is 64.1 Å². The van der Waals surface area contributed by atoms with E-state index < -0.39 is 23.8 Å². The minimum absolute atomic E-state index is 0.0628. The van der Waals surface area contributed by atoms with E-state index >= 15 is 0 Å². The maximum Gasteiger partial charge on any atom is 0.308 e. The highest BCUT2D eigenvalue weighted by Gasteiger charge is 2.27. The first-order valence-electron chi connectivity index (χ1n) is 7.50. The summed E-state index contributed by atoms with van der Waals surface area (Å²) in [6.45, 7) is 1.64. The molecule has 0 saturated carbocycles. The zero-order valence-electron chi connectivity index (χ0n) is 13.5. The molecule has 1 heterocycles. The molecule has 0 bridgehead atoms. The highest BCUT2D eigenvalue weighted by atomic mass is 16.4. The lowest BCUT2D eigenvalue weighted by molar-refractivity contribution is -0.142. The van der Waals surface area contributed by atoms with Crippen molar-refractivity contribution in [2.75, 3.05) is 0 Å². The standard InChI is InChI=1S/C17H19N3O4/c1-11(13(17(23)24)10-12-6-4-3-5-7-12)18-16(22)14-8-9-15(21)20(2)19-14/h3-9,11,13H,10H2,1-2H3,(H,18,22)(H,23,24). The van der Waals surface area contributed by atoms with E-state index in [-0.39, 0.29) is 11.3 Å². The molecule has 0 spiro atoms. The molecule has 7 nitrogen and oxygen atoms in total. The Morgan fingerprint density at radius 1 is 1.21 bits per heavy atom. The molecule has 2 aromatic rings. The van der Waals surface area contributed by atoms with Gasteiger partial charge in [0, 0.05) is 19.2 Å². The van der Waals surface area contributed by atoms with Crippen LogP contribution >= 0.6 is 0 Å². The van der Waals surface area contributed by atoms with Crippen LogP contribution in [0.3, 0.4) is 0 Å². The van der Waals surface area contributed by atoms with E-state index in [2.05, 4.69) is 10.4 Å². The molecule has 0 aliphatic carbocycles. The van der Waals surface area contributed by atoms with Gasteiger partial charge in [0.1, 0.15) is 5.69 Å². The normalized spacial score (nSPS) is 13.1. The molecule has 2 unspecified atom stereocenters. The summed E-state index contributed by atoms with van der Waals surface area (Å²) in [6, 6.07) is 11.2. The Labute approximate surface area is 138 Å². The lowest BCUT2D eigenvalue weighted by atomic mass is 9.93. The number of benzene rings is 1. The van der Waals surface area contributed by atoms with Gasteiger partial charge in [0.15, 0.2) is 0 Å². The molecule has 1 aromatic carbocycles.